The number of nitrogens with zero attached hydrogens (tertiary/aromatic N) is 1. The number of hydrogen-bond acceptors (Lipinski definition) is 37. The van der Waals surface area contributed by atoms with Crippen molar-refractivity contribution < 1.29 is 172 Å². The summed E-state index contributed by atoms with van der Waals surface area (Å²) in [5.41, 5.74) is 0.650. The van der Waals surface area contributed by atoms with Gasteiger partial charge < -0.3 is 169 Å². The Labute approximate surface area is 850 Å². The van der Waals surface area contributed by atoms with Crippen molar-refractivity contribution in [3.05, 3.63) is 36.4 Å². The van der Waals surface area contributed by atoms with Crippen LogP contribution in [0.5, 0.6) is 0 Å². The van der Waals surface area contributed by atoms with Crippen molar-refractivity contribution in [3.63, 3.8) is 0 Å². The van der Waals surface area contributed by atoms with E-state index in [4.69, 9.17) is 97.3 Å². The molecule has 21 fully saturated rings. The Balaban J connectivity index is 1.19. The number of fused-ring (bicyclic) bond motifs is 1. The number of hydrogen-bond donors (Lipinski definition) is 14. The van der Waals surface area contributed by atoms with Gasteiger partial charge in [-0.25, -0.2) is 13.1 Å². The normalized spacial score (nSPS) is 37.4. The van der Waals surface area contributed by atoms with Gasteiger partial charge in [0, 0.05) is 30.6 Å². The summed E-state index contributed by atoms with van der Waals surface area (Å²) < 4.78 is 179. The highest BCUT2D eigenvalue weighted by Gasteiger charge is 2.63. The van der Waals surface area contributed by atoms with Gasteiger partial charge in [-0.1, -0.05) is 170 Å². The lowest BCUT2D eigenvalue weighted by Crippen LogP contribution is -2.70. The zero-order chi connectivity index (χ0) is 107. The second-order valence-corrected chi connectivity index (χ2v) is 86.4. The topological polar surface area (TPSA) is 506 Å². The lowest BCUT2D eigenvalue weighted by atomic mass is 9.94. The number of aliphatic hydroxyl groups is 13. The third-order valence-electron chi connectivity index (χ3n) is 33.4. The Morgan fingerprint density at radius 3 is 0.634 bits per heavy atom. The number of ether oxygens (including phenoxy) is 14. The van der Waals surface area contributed by atoms with Gasteiger partial charge in [-0.3, -0.25) is 0 Å². The zero-order valence-corrected chi connectivity index (χ0v) is 99.0. The number of benzene rings is 2. The van der Waals surface area contributed by atoms with Gasteiger partial charge in [-0.05, 0) is 139 Å². The molecule has 35 atom stereocenters. The summed E-state index contributed by atoms with van der Waals surface area (Å²) in [5.74, 6) is 0. The van der Waals surface area contributed by atoms with Crippen LogP contribution < -0.4 is 9.62 Å². The van der Waals surface area contributed by atoms with Crippen LogP contribution in [0.3, 0.4) is 0 Å². The largest absolute Gasteiger partial charge is 0.414 e. The second-order valence-electron chi connectivity index (χ2n) is 51.1. The van der Waals surface area contributed by atoms with E-state index >= 15 is 8.42 Å². The van der Waals surface area contributed by atoms with Crippen molar-refractivity contribution >= 4 is 84.7 Å². The maximum absolute atomic E-state index is 16.1. The van der Waals surface area contributed by atoms with Gasteiger partial charge in [-0.15, -0.1) is 0 Å². The van der Waals surface area contributed by atoms with Crippen LogP contribution in [-0.2, 0) is 107 Å². The maximum Gasteiger partial charge on any atom is 0.241 e. The predicted molar refractivity (Wildman–Crippen MR) is 547 cm³/mol. The number of aliphatic hydroxyl groups excluding tert-OH is 13. The van der Waals surface area contributed by atoms with Crippen molar-refractivity contribution in [2.75, 3.05) is 65.2 Å². The number of nitrogens with one attached hydrogen (secondary N) is 1. The molecule has 14 N–H and O–H groups in total. The summed E-state index contributed by atoms with van der Waals surface area (Å²) in [4.78, 5) is 1.55. The van der Waals surface area contributed by atoms with Crippen molar-refractivity contribution in [1.29, 1.82) is 0 Å². The van der Waals surface area contributed by atoms with Crippen LogP contribution in [0.25, 0.3) is 10.8 Å². The van der Waals surface area contributed by atoms with E-state index in [1.165, 1.54) is 6.07 Å². The van der Waals surface area contributed by atoms with Gasteiger partial charge in [0.1, 0.15) is 165 Å². The molecular weight excluding hydrogens is 1990 g/mol. The van der Waals surface area contributed by atoms with Gasteiger partial charge in [0.25, 0.3) is 0 Å². The van der Waals surface area contributed by atoms with E-state index in [0.29, 0.717) is 11.1 Å². The highest BCUT2D eigenvalue weighted by Crippen LogP contribution is 2.49. The summed E-state index contributed by atoms with van der Waals surface area (Å²) >= 11 is 0. The first kappa shape index (κ1) is 122. The average Bonchev–Trinajstić information content (AvgIpc) is 0.757. The minimum atomic E-state index is -5.00. The molecule has 0 aliphatic carbocycles. The fourth-order valence-electron chi connectivity index (χ4n) is 16.2. The first-order chi connectivity index (χ1) is 64.5. The van der Waals surface area contributed by atoms with E-state index in [9.17, 15) is 66.4 Å². The number of rotatable bonds is 25. The average molecular weight is 2170 g/mol. The molecule has 0 amide bonds. The van der Waals surface area contributed by atoms with Gasteiger partial charge in [0.2, 0.25) is 10.0 Å². The van der Waals surface area contributed by atoms with E-state index in [1.807, 2.05) is 248 Å². The molecule has 142 heavy (non-hydrogen) atoms. The minimum Gasteiger partial charge on any atom is -0.414 e. The van der Waals surface area contributed by atoms with Gasteiger partial charge >= 0.3 is 0 Å². The Bertz CT molecular complexity index is 4430. The summed E-state index contributed by atoms with van der Waals surface area (Å²) in [6, 6.07) is 7.79. The standard InChI is InChI=1S/C96H180N2O36SSi7/c1-90(2,3)136(24,25)114-44-54-76-62(97-135(112,113)61-43-39-40-51-52(61)41-38-42-53(51)98(22)23)63(99)83(121-54)129-77-55(45-115-137(26,27)91(4,5)6)123-85(71(107)65(77)101)131-79-57(47-117-139(30,31)93(10,11)12)125-87(73(109)67(79)103)133-81-59(49-119-141(34,35)95(16,17)18)127-89(75(111)69(81)105)134-82-60(50-120-142(36,37)96(19,20)21)126-88(74(110)68(82)104)132-80-58(48-118-140(32,33)94(13,14)15)124-86(72(108)66(80)102)130-78-56(46-116-138(28,29)92(7,8)9)122-84(128-76)70(106)64(78)100/h38-43,54-60,62-89,97,99-111H,44-50H2,1-37H3/t54-,55-,56-,57-,58-,59-,60-,62+,63+,64-,65-,66-,67-,68-,69-,70-,71-,72-,73-,74-,75-,76-,77-,78-,79-,80-,81-,82-,83-,84-,85-,86-,87-,88-,89-/m1/s1. The maximum atomic E-state index is 16.1. The molecule has 824 valence electrons. The molecule has 0 radical (unpaired) electrons. The molecule has 2 aromatic rings. The van der Waals surface area contributed by atoms with Crippen LogP contribution in [0.4, 0.5) is 5.69 Å². The highest BCUT2D eigenvalue weighted by atomic mass is 32.2. The van der Waals surface area contributed by atoms with Gasteiger partial charge in [0.15, 0.2) is 102 Å². The van der Waals surface area contributed by atoms with Crippen molar-refractivity contribution in [1.82, 2.24) is 4.72 Å². The lowest BCUT2D eigenvalue weighted by molar-refractivity contribution is -0.396. The summed E-state index contributed by atoms with van der Waals surface area (Å²) in [6.45, 7) is 66.2. The molecule has 38 nitrogen and oxygen atoms in total. The quantitative estimate of drug-likeness (QED) is 0.0416. The Kier molecular flexibility index (Phi) is 38.9. The smallest absolute Gasteiger partial charge is 0.241 e. The number of anilines is 1. The monoisotopic (exact) mass is 2170 g/mol. The molecular formula is C96H180N2O36SSi7. The van der Waals surface area contributed by atoms with Crippen molar-refractivity contribution in [3.8, 4) is 0 Å². The van der Waals surface area contributed by atoms with Crippen LogP contribution in [0.1, 0.15) is 145 Å². The third kappa shape index (κ3) is 27.2. The van der Waals surface area contributed by atoms with E-state index in [-0.39, 0.29) is 10.3 Å². The van der Waals surface area contributed by atoms with E-state index in [0.717, 1.165) is 0 Å². The Morgan fingerprint density at radius 1 is 0.261 bits per heavy atom. The second kappa shape index (κ2) is 45.2. The first-order valence-corrected chi connectivity index (χ1v) is 72.1. The van der Waals surface area contributed by atoms with E-state index < -0.39 is 365 Å². The summed E-state index contributed by atoms with van der Waals surface area (Å²) in [5, 5.41) is 167. The third-order valence-corrected chi connectivity index (χ3v) is 66.4. The predicted octanol–water partition coefficient (Wildman–Crippen LogP) is 8.18. The minimum absolute atomic E-state index is 0.252. The molecule has 0 aromatic heterocycles. The zero-order valence-electron chi connectivity index (χ0n) is 91.2. The van der Waals surface area contributed by atoms with Crippen molar-refractivity contribution in [2.24, 2.45) is 0 Å². The lowest BCUT2D eigenvalue weighted by Gasteiger charge is -2.51. The first-order valence-electron chi connectivity index (χ1n) is 50.2. The summed E-state index contributed by atoms with van der Waals surface area (Å²) in [6.07, 6.45) is -65.8. The molecule has 14 bridgehead atoms. The van der Waals surface area contributed by atoms with Gasteiger partial charge in [0.05, 0.1) is 57.2 Å². The van der Waals surface area contributed by atoms with Crippen LogP contribution >= 0.6 is 0 Å². The molecule has 21 aliphatic heterocycles. The fourth-order valence-corrected chi connectivity index (χ4v) is 24.7. The molecule has 46 heteroatoms. The van der Waals surface area contributed by atoms with Crippen molar-refractivity contribution in [2.45, 2.75) is 492 Å². The number of sulfonamides is 1. The molecule has 2 aromatic carbocycles. The molecule has 21 saturated heterocycles. The van der Waals surface area contributed by atoms with E-state index in [2.05, 4.69) is 4.72 Å². The molecule has 0 spiro atoms. The van der Waals surface area contributed by atoms with E-state index in [1.54, 1.807) is 38.4 Å². The molecule has 21 heterocycles. The SMILES string of the molecule is CN(C)c1cccc2c(S(=O)(=O)N[C@H]3[C@H](O)[C@H]4O[C@H]5[C@H](O)[C@@H](O)[C@@H](O[C@H]6[C@H](O)[C@@H](O)[C@@H](O[C@H]7[C@H](O)[C@@H](O)[C@@H](O[C@H]8[C@H](O)[C@@H](O)[C@@H](O[C@H]9[C@H](O)[C@@H](O)[C@@H](O[C@H]%10[C@H](O)[C@@H](O)[C@@H](O[C@@H]3[C@@H](CO[Si](C)(C)C(C)(C)C)O4)O[C@@H]%10CO[Si](C)(C)C(C)(C)C)O[C@@H]9CO[Si](C)(C)C(C)(C)C)O[C@@H]8CO[Si](C)(C)C(C)(C)C)O[C@@H]7CO[Si](C)(C)C(C)(C)C)O[C@@H]6CO[Si](C)(C)C(C)(C)C)O[C@@H]5CO[Si](C)(C)C(C)(C)C)cccc12. The molecule has 0 unspecified atom stereocenters. The van der Waals surface area contributed by atoms with Crippen LogP contribution in [-0.4, -0.2) is 408 Å². The summed E-state index contributed by atoms with van der Waals surface area (Å²) in [7, 11) is -21.8. The van der Waals surface area contributed by atoms with Gasteiger partial charge in [-0.2, -0.15) is 0 Å². The fraction of sp³-hybridized carbons (Fsp3) is 0.896. The Hall–Kier alpha value is -1.43. The van der Waals surface area contributed by atoms with Crippen LogP contribution in [0.15, 0.2) is 41.3 Å². The molecule has 23 rings (SSSR count). The van der Waals surface area contributed by atoms with Crippen LogP contribution in [0.2, 0.25) is 127 Å². The molecule has 0 saturated carbocycles. The molecule has 21 aliphatic rings. The highest BCUT2D eigenvalue weighted by molar-refractivity contribution is 7.89. The Morgan fingerprint density at radius 2 is 0.437 bits per heavy atom. The van der Waals surface area contributed by atoms with Crippen LogP contribution in [0, 0.1) is 0 Å².